The summed E-state index contributed by atoms with van der Waals surface area (Å²) < 4.78 is 69.5. The van der Waals surface area contributed by atoms with Gasteiger partial charge in [0.25, 0.3) is 0 Å². The molecule has 7 nitrogen and oxygen atoms in total. The van der Waals surface area contributed by atoms with Crippen LogP contribution in [0, 0.1) is 5.82 Å². The van der Waals surface area contributed by atoms with Crippen LogP contribution in [0.4, 0.5) is 33.7 Å². The molecule has 1 fully saturated rings. The van der Waals surface area contributed by atoms with Gasteiger partial charge in [0.05, 0.1) is 30.5 Å². The van der Waals surface area contributed by atoms with Crippen LogP contribution in [0.5, 0.6) is 0 Å². The zero-order valence-corrected chi connectivity index (χ0v) is 15.7. The van der Waals surface area contributed by atoms with Crippen molar-refractivity contribution in [2.75, 3.05) is 50.7 Å². The van der Waals surface area contributed by atoms with Gasteiger partial charge in [-0.1, -0.05) is 0 Å². The molecule has 0 spiro atoms. The molecule has 1 aliphatic rings. The highest BCUT2D eigenvalue weighted by Crippen LogP contribution is 2.37. The van der Waals surface area contributed by atoms with Gasteiger partial charge < -0.3 is 29.7 Å². The Bertz CT molecular complexity index is 683. The van der Waals surface area contributed by atoms with Gasteiger partial charge in [-0.3, -0.25) is 0 Å². The van der Waals surface area contributed by atoms with Gasteiger partial charge in [0.2, 0.25) is 0 Å². The number of carbonyl (C=O) groups is 1. The van der Waals surface area contributed by atoms with E-state index in [-0.39, 0.29) is 18.3 Å². The molecule has 2 amide bonds. The summed E-state index contributed by atoms with van der Waals surface area (Å²) >= 11 is 0. The number of alkyl halides is 3. The van der Waals surface area contributed by atoms with E-state index in [4.69, 9.17) is 14.2 Å². The van der Waals surface area contributed by atoms with Gasteiger partial charge in [-0.2, -0.15) is 13.2 Å². The lowest BCUT2D eigenvalue weighted by Crippen LogP contribution is -2.41. The Balaban J connectivity index is 2.26. The van der Waals surface area contributed by atoms with Gasteiger partial charge in [0, 0.05) is 33.0 Å². The lowest BCUT2D eigenvalue weighted by molar-refractivity contribution is -0.139. The molecule has 1 aliphatic heterocycles. The molecule has 1 aromatic carbocycles. The maximum absolute atomic E-state index is 14.4. The zero-order chi connectivity index (χ0) is 20.9. The van der Waals surface area contributed by atoms with E-state index in [0.717, 1.165) is 6.07 Å². The first-order valence-corrected chi connectivity index (χ1v) is 8.53. The highest BCUT2D eigenvalue weighted by atomic mass is 19.4. The molecule has 1 aromatic rings. The maximum Gasteiger partial charge on any atom is 0.419 e. The van der Waals surface area contributed by atoms with Crippen molar-refractivity contribution < 1.29 is 36.6 Å². The van der Waals surface area contributed by atoms with Crippen molar-refractivity contribution in [2.24, 2.45) is 0 Å². The van der Waals surface area contributed by atoms with E-state index in [9.17, 15) is 22.4 Å². The molecule has 0 unspecified atom stereocenters. The number of nitrogens with one attached hydrogen (secondary N) is 2. The zero-order valence-electron chi connectivity index (χ0n) is 15.7. The van der Waals surface area contributed by atoms with Gasteiger partial charge >= 0.3 is 12.2 Å². The van der Waals surface area contributed by atoms with Crippen LogP contribution in [0.2, 0.25) is 0 Å². The van der Waals surface area contributed by atoms with Crippen molar-refractivity contribution in [3.63, 3.8) is 0 Å². The fraction of sp³-hybridized carbons (Fsp3) is 0.588. The van der Waals surface area contributed by atoms with Crippen LogP contribution in [0.15, 0.2) is 12.1 Å². The molecule has 2 N–H and O–H groups in total. The monoisotopic (exact) mass is 409 g/mol. The fourth-order valence-corrected chi connectivity index (χ4v) is 2.75. The standard InChI is InChI=1S/C17H23F4N3O4/c1-10-9-24(4-5-28-10)11-6-12(17(19,20)21)15(18)13(7-11)23-16(25)22-8-14(26-2)27-3/h6-7,10,14H,4-5,8-9H2,1-3H3,(H2,22,23,25)/t10-/m1/s1. The third kappa shape index (κ3) is 5.69. The Kier molecular flexibility index (Phi) is 7.44. The van der Waals surface area contributed by atoms with E-state index >= 15 is 0 Å². The van der Waals surface area contributed by atoms with Crippen molar-refractivity contribution in [1.29, 1.82) is 0 Å². The highest BCUT2D eigenvalue weighted by Gasteiger charge is 2.36. The lowest BCUT2D eigenvalue weighted by Gasteiger charge is -2.33. The summed E-state index contributed by atoms with van der Waals surface area (Å²) in [5.41, 5.74) is -1.88. The minimum atomic E-state index is -4.91. The molecule has 0 saturated carbocycles. The summed E-state index contributed by atoms with van der Waals surface area (Å²) in [6, 6.07) is 1.02. The quantitative estimate of drug-likeness (QED) is 0.559. The topological polar surface area (TPSA) is 72.1 Å². The maximum atomic E-state index is 14.4. The number of benzene rings is 1. The van der Waals surface area contributed by atoms with E-state index in [1.807, 2.05) is 0 Å². The largest absolute Gasteiger partial charge is 0.419 e. The minimum absolute atomic E-state index is 0.0761. The highest BCUT2D eigenvalue weighted by molar-refractivity contribution is 5.90. The number of amides is 2. The molecule has 2 rings (SSSR count). The lowest BCUT2D eigenvalue weighted by atomic mass is 10.1. The van der Waals surface area contributed by atoms with Crippen LogP contribution in [-0.2, 0) is 20.4 Å². The summed E-state index contributed by atoms with van der Waals surface area (Å²) in [6.45, 7) is 2.74. The average Bonchev–Trinajstić information content (AvgIpc) is 2.63. The van der Waals surface area contributed by atoms with E-state index < -0.39 is 35.6 Å². The summed E-state index contributed by atoms with van der Waals surface area (Å²) in [5, 5.41) is 4.47. The second-order valence-corrected chi connectivity index (χ2v) is 6.22. The molecular formula is C17H23F4N3O4. The first-order chi connectivity index (χ1) is 13.2. The number of morpholine rings is 1. The van der Waals surface area contributed by atoms with Crippen molar-refractivity contribution >= 4 is 17.4 Å². The molecule has 0 bridgehead atoms. The normalized spacial score (nSPS) is 17.7. The number of hydrogen-bond acceptors (Lipinski definition) is 5. The molecule has 11 heteroatoms. The van der Waals surface area contributed by atoms with E-state index in [1.54, 1.807) is 11.8 Å². The number of carbonyl (C=O) groups excluding carboxylic acids is 1. The first kappa shape index (κ1) is 22.2. The second-order valence-electron chi connectivity index (χ2n) is 6.22. The Labute approximate surface area is 159 Å². The smallest absolute Gasteiger partial charge is 0.375 e. The fourth-order valence-electron chi connectivity index (χ4n) is 2.75. The van der Waals surface area contributed by atoms with Gasteiger partial charge in [-0.15, -0.1) is 0 Å². The molecule has 1 atom stereocenters. The van der Waals surface area contributed by atoms with E-state index in [1.165, 1.54) is 20.3 Å². The number of nitrogens with zero attached hydrogens (tertiary/aromatic N) is 1. The molecule has 1 saturated heterocycles. The van der Waals surface area contributed by atoms with Gasteiger partial charge in [-0.25, -0.2) is 9.18 Å². The van der Waals surface area contributed by atoms with Gasteiger partial charge in [0.1, 0.15) is 0 Å². The summed E-state index contributed by atoms with van der Waals surface area (Å²) in [6.07, 6.45) is -5.85. The number of ether oxygens (including phenoxy) is 3. The van der Waals surface area contributed by atoms with Crippen LogP contribution in [0.25, 0.3) is 0 Å². The van der Waals surface area contributed by atoms with Crippen molar-refractivity contribution in [3.05, 3.63) is 23.5 Å². The summed E-state index contributed by atoms with van der Waals surface area (Å²) in [7, 11) is 2.71. The third-order valence-electron chi connectivity index (χ3n) is 4.17. The van der Waals surface area contributed by atoms with Crippen LogP contribution in [0.1, 0.15) is 12.5 Å². The molecule has 0 radical (unpaired) electrons. The van der Waals surface area contributed by atoms with Crippen LogP contribution in [-0.4, -0.2) is 58.9 Å². The van der Waals surface area contributed by atoms with Crippen LogP contribution in [0.3, 0.4) is 0 Å². The van der Waals surface area contributed by atoms with Crippen LogP contribution < -0.4 is 15.5 Å². The average molecular weight is 409 g/mol. The summed E-state index contributed by atoms with van der Waals surface area (Å²) in [4.78, 5) is 13.6. The van der Waals surface area contributed by atoms with Crippen molar-refractivity contribution in [3.8, 4) is 0 Å². The number of urea groups is 1. The molecule has 28 heavy (non-hydrogen) atoms. The molecule has 158 valence electrons. The van der Waals surface area contributed by atoms with Crippen LogP contribution >= 0.6 is 0 Å². The van der Waals surface area contributed by atoms with Crippen molar-refractivity contribution in [1.82, 2.24) is 5.32 Å². The molecule has 1 heterocycles. The predicted octanol–water partition coefficient (Wildman–Crippen LogP) is 2.81. The first-order valence-electron chi connectivity index (χ1n) is 8.53. The SMILES string of the molecule is COC(CNC(=O)Nc1cc(N2CCO[C@H](C)C2)cc(C(F)(F)F)c1F)OC. The predicted molar refractivity (Wildman–Crippen MR) is 93.9 cm³/mol. The van der Waals surface area contributed by atoms with E-state index in [0.29, 0.717) is 19.7 Å². The Morgan fingerprint density at radius 2 is 2.04 bits per heavy atom. The number of hydrogen-bond donors (Lipinski definition) is 2. The third-order valence-corrected chi connectivity index (χ3v) is 4.17. The number of anilines is 2. The van der Waals surface area contributed by atoms with Gasteiger partial charge in [-0.05, 0) is 19.1 Å². The number of rotatable bonds is 6. The minimum Gasteiger partial charge on any atom is -0.375 e. The number of halogens is 4. The molecular weight excluding hydrogens is 386 g/mol. The Morgan fingerprint density at radius 3 is 2.61 bits per heavy atom. The van der Waals surface area contributed by atoms with E-state index in [2.05, 4.69) is 10.6 Å². The summed E-state index contributed by atoms with van der Waals surface area (Å²) in [5.74, 6) is -1.55. The van der Waals surface area contributed by atoms with Crippen molar-refractivity contribution in [2.45, 2.75) is 25.5 Å². The molecule has 0 aliphatic carbocycles. The van der Waals surface area contributed by atoms with Gasteiger partial charge in [0.15, 0.2) is 12.1 Å². The number of methoxy groups -OCH3 is 2. The Hall–Kier alpha value is -2.11. The second kappa shape index (κ2) is 9.39. The molecule has 0 aromatic heterocycles. The Morgan fingerprint density at radius 1 is 1.36 bits per heavy atom.